The maximum absolute atomic E-state index is 12.9. The predicted octanol–water partition coefficient (Wildman–Crippen LogP) is 1.67. The van der Waals surface area contributed by atoms with Crippen molar-refractivity contribution in [2.24, 2.45) is 40.4 Å². The summed E-state index contributed by atoms with van der Waals surface area (Å²) in [5.74, 6) is -3.25. The van der Waals surface area contributed by atoms with Crippen molar-refractivity contribution in [3.05, 3.63) is 12.2 Å². The topological polar surface area (TPSA) is 250 Å². The summed E-state index contributed by atoms with van der Waals surface area (Å²) in [5, 5.41) is 32.0. The Bertz CT molecular complexity index is 1480. The van der Waals surface area contributed by atoms with Gasteiger partial charge in [0.05, 0.1) is 24.7 Å². The fourth-order valence-electron chi connectivity index (χ4n) is 9.82. The molecule has 1 aliphatic heterocycles. The van der Waals surface area contributed by atoms with Crippen LogP contribution < -0.4 is 0 Å². The number of aliphatic hydroxyl groups is 2. The summed E-state index contributed by atoms with van der Waals surface area (Å²) in [6.07, 6.45) is -7.93. The van der Waals surface area contributed by atoms with Crippen LogP contribution in [0.5, 0.6) is 0 Å². The highest BCUT2D eigenvalue weighted by Gasteiger charge is 2.67. The number of esters is 1. The van der Waals surface area contributed by atoms with E-state index in [9.17, 15) is 50.8 Å². The molecule has 0 aromatic carbocycles. The summed E-state index contributed by atoms with van der Waals surface area (Å²) in [7, 11) is -10.8. The van der Waals surface area contributed by atoms with Crippen molar-refractivity contribution in [1.29, 1.82) is 0 Å². The van der Waals surface area contributed by atoms with Gasteiger partial charge in [-0.2, -0.15) is 16.8 Å². The van der Waals surface area contributed by atoms with Gasteiger partial charge in [0.15, 0.2) is 18.5 Å². The molecule has 5 fully saturated rings. The number of hydrogen-bond acceptors (Lipinski definition) is 13. The van der Waals surface area contributed by atoms with Gasteiger partial charge in [-0.15, -0.1) is 0 Å². The highest BCUT2D eigenvalue weighted by Crippen LogP contribution is 2.70. The maximum atomic E-state index is 12.9. The van der Waals surface area contributed by atoms with E-state index >= 15 is 0 Å². The van der Waals surface area contributed by atoms with Crippen molar-refractivity contribution in [1.82, 2.24) is 0 Å². The number of carboxylic acid groups (broad SMARTS) is 1. The lowest BCUT2D eigenvalue weighted by Gasteiger charge is -2.62. The first kappa shape index (κ1) is 37.5. The van der Waals surface area contributed by atoms with Crippen LogP contribution in [0.3, 0.4) is 0 Å². The number of carboxylic acids is 1. The molecule has 4 saturated carbocycles. The van der Waals surface area contributed by atoms with Crippen molar-refractivity contribution >= 4 is 32.7 Å². The van der Waals surface area contributed by atoms with E-state index < -0.39 is 99.0 Å². The Balaban J connectivity index is 1.51. The number of hydrogen-bond donors (Lipinski definition) is 5. The van der Waals surface area contributed by atoms with Gasteiger partial charge >= 0.3 is 32.7 Å². The molecule has 4 aliphatic carbocycles. The quantitative estimate of drug-likeness (QED) is 0.0879. The second-order valence-corrected chi connectivity index (χ2v) is 16.9. The van der Waals surface area contributed by atoms with E-state index in [1.807, 2.05) is 6.92 Å². The van der Waals surface area contributed by atoms with Gasteiger partial charge in [0.25, 0.3) is 0 Å². The Kier molecular flexibility index (Phi) is 10.5. The van der Waals surface area contributed by atoms with Crippen LogP contribution in [0.25, 0.3) is 0 Å². The summed E-state index contributed by atoms with van der Waals surface area (Å²) in [5.41, 5.74) is -0.319. The Labute approximate surface area is 280 Å². The zero-order valence-electron chi connectivity index (χ0n) is 27.0. The van der Waals surface area contributed by atoms with Crippen LogP contribution in [0.4, 0.5) is 0 Å². The van der Waals surface area contributed by atoms with Gasteiger partial charge < -0.3 is 29.5 Å². The number of carbonyl (C=O) groups is 2. The third-order valence-electron chi connectivity index (χ3n) is 11.5. The average molecular weight is 727 g/mol. The summed E-state index contributed by atoms with van der Waals surface area (Å²) >= 11 is 0. The molecule has 1 saturated heterocycles. The molecule has 48 heavy (non-hydrogen) atoms. The summed E-state index contributed by atoms with van der Waals surface area (Å²) in [4.78, 5) is 25.7. The van der Waals surface area contributed by atoms with Gasteiger partial charge in [0, 0.05) is 11.8 Å². The normalized spacial score (nSPS) is 43.0. The molecule has 0 radical (unpaired) electrons. The minimum Gasteiger partial charge on any atom is -0.481 e. The molecule has 1 heterocycles. The lowest BCUT2D eigenvalue weighted by molar-refractivity contribution is -0.316. The molecule has 274 valence electrons. The van der Waals surface area contributed by atoms with E-state index in [1.165, 1.54) is 0 Å². The zero-order valence-corrected chi connectivity index (χ0v) is 28.7. The summed E-state index contributed by atoms with van der Waals surface area (Å²) < 4.78 is 93.5. The molecule has 1 spiro atoms. The third kappa shape index (κ3) is 7.20. The molecule has 16 nitrogen and oxygen atoms in total. The first-order valence-corrected chi connectivity index (χ1v) is 18.9. The van der Waals surface area contributed by atoms with E-state index in [2.05, 4.69) is 10.8 Å². The fraction of sp³-hybridized carbons (Fsp3) is 0.867. The molecule has 18 heteroatoms. The molecule has 0 aromatic heterocycles. The fourth-order valence-corrected chi connectivity index (χ4v) is 10.8. The SMILES string of the molecule is C=C1[C@@H]2CCC3C(CC[C@@H]4[C@H](C(=O)O)C[C@@H](O[C@@H]5O[C@H](CO)[C@@H](OS(=O)(=O)O)[C@H](OS(=O)(=O)O)[C@H]5OC(=O)CC(C)C)C[C@@]34C)(C2)[C@H]1O. The molecule has 2 unspecified atom stereocenters. The first-order valence-electron chi connectivity index (χ1n) is 16.2. The number of ether oxygens (including phenoxy) is 3. The van der Waals surface area contributed by atoms with Crippen molar-refractivity contribution < 1.29 is 73.4 Å². The van der Waals surface area contributed by atoms with Gasteiger partial charge in [0.2, 0.25) is 0 Å². The van der Waals surface area contributed by atoms with Crippen LogP contribution in [0.2, 0.25) is 0 Å². The maximum Gasteiger partial charge on any atom is 0.397 e. The highest BCUT2D eigenvalue weighted by atomic mass is 32.3. The molecule has 5 rings (SSSR count). The van der Waals surface area contributed by atoms with E-state index in [1.54, 1.807) is 13.8 Å². The van der Waals surface area contributed by atoms with E-state index in [0.29, 0.717) is 12.8 Å². The van der Waals surface area contributed by atoms with Crippen LogP contribution >= 0.6 is 0 Å². The molecular weight excluding hydrogens is 680 g/mol. The smallest absolute Gasteiger partial charge is 0.397 e. The molecule has 0 aromatic rings. The van der Waals surface area contributed by atoms with Gasteiger partial charge in [-0.05, 0) is 79.6 Å². The number of rotatable bonds is 11. The van der Waals surface area contributed by atoms with Gasteiger partial charge in [-0.3, -0.25) is 18.7 Å². The molecule has 5 aliphatic rings. The Morgan fingerprint density at radius 2 is 1.67 bits per heavy atom. The van der Waals surface area contributed by atoms with Gasteiger partial charge in [-0.1, -0.05) is 27.4 Å². The Morgan fingerprint density at radius 3 is 2.25 bits per heavy atom. The van der Waals surface area contributed by atoms with Gasteiger partial charge in [-0.25, -0.2) is 8.37 Å². The summed E-state index contributed by atoms with van der Waals surface area (Å²) in [6.45, 7) is 8.52. The van der Waals surface area contributed by atoms with Crippen molar-refractivity contribution in [2.45, 2.75) is 115 Å². The number of aliphatic carboxylic acids is 1. The van der Waals surface area contributed by atoms with Gasteiger partial charge in [0.1, 0.15) is 12.2 Å². The van der Waals surface area contributed by atoms with E-state index in [4.69, 9.17) is 18.4 Å². The first-order chi connectivity index (χ1) is 22.2. The lowest BCUT2D eigenvalue weighted by atomic mass is 9.43. The second kappa shape index (κ2) is 13.4. The lowest BCUT2D eigenvalue weighted by Crippen LogP contribution is -2.64. The van der Waals surface area contributed by atoms with Crippen molar-refractivity contribution in [2.75, 3.05) is 6.61 Å². The molecule has 2 bridgehead atoms. The average Bonchev–Trinajstić information content (AvgIpc) is 3.12. The second-order valence-electron chi connectivity index (χ2n) is 14.8. The minimum absolute atomic E-state index is 0.0156. The Hall–Kier alpha value is -1.74. The molecule has 0 amide bonds. The highest BCUT2D eigenvalue weighted by molar-refractivity contribution is 7.81. The standard InChI is InChI=1S/C30H46O16S2/c1-14(2)9-22(32)44-25-24(46-48(39,40)41)23(45-47(36,37)38)20(13-31)43-28(25)42-17-10-18(27(34)35)19-7-8-30-11-16(15(3)26(30)33)5-6-21(30)29(19,4)12-17/h14,16-21,23-26,28,31,33H,3,5-13H2,1-2,4H3,(H,34,35)(H,36,37,38)(H,39,40,41)/t16-,17-,18-,19-,20-,21?,23-,24+,25-,26+,28-,29-,30?/m1/s1. The van der Waals surface area contributed by atoms with E-state index in [-0.39, 0.29) is 42.9 Å². The monoisotopic (exact) mass is 726 g/mol. The van der Waals surface area contributed by atoms with Crippen LogP contribution in [-0.4, -0.2) is 103 Å². The molecule has 13 atom stereocenters. The molecule has 5 N–H and O–H groups in total. The van der Waals surface area contributed by atoms with Crippen LogP contribution in [-0.2, 0) is 53.0 Å². The van der Waals surface area contributed by atoms with Crippen LogP contribution in [0, 0.1) is 40.4 Å². The Morgan fingerprint density at radius 1 is 1.02 bits per heavy atom. The molecular formula is C30H46O16S2. The van der Waals surface area contributed by atoms with E-state index in [0.717, 1.165) is 24.8 Å². The number of fused-ring (bicyclic) bond motifs is 3. The number of carbonyl (C=O) groups excluding carboxylic acids is 1. The van der Waals surface area contributed by atoms with Crippen molar-refractivity contribution in [3.8, 4) is 0 Å². The van der Waals surface area contributed by atoms with Crippen molar-refractivity contribution in [3.63, 3.8) is 0 Å². The number of aliphatic hydroxyl groups excluding tert-OH is 2. The zero-order chi connectivity index (χ0) is 35.6. The third-order valence-corrected chi connectivity index (χ3v) is 12.4. The predicted molar refractivity (Wildman–Crippen MR) is 162 cm³/mol. The minimum atomic E-state index is -5.42. The summed E-state index contributed by atoms with van der Waals surface area (Å²) in [6, 6.07) is 0. The van der Waals surface area contributed by atoms with Crippen LogP contribution in [0.1, 0.15) is 72.1 Å². The largest absolute Gasteiger partial charge is 0.481 e. The van der Waals surface area contributed by atoms with Crippen LogP contribution in [0.15, 0.2) is 12.2 Å².